The quantitative estimate of drug-likeness (QED) is 0.546. The van der Waals surface area contributed by atoms with E-state index in [9.17, 15) is 17.6 Å². The summed E-state index contributed by atoms with van der Waals surface area (Å²) in [6.45, 7) is 6.80. The van der Waals surface area contributed by atoms with Crippen molar-refractivity contribution in [3.05, 3.63) is 53.3 Å². The molecule has 2 aromatic carbocycles. The van der Waals surface area contributed by atoms with Crippen LogP contribution in [0.25, 0.3) is 10.2 Å². The third kappa shape index (κ3) is 4.18. The van der Waals surface area contributed by atoms with E-state index in [0.29, 0.717) is 45.6 Å². The van der Waals surface area contributed by atoms with Crippen molar-refractivity contribution in [2.45, 2.75) is 37.6 Å². The van der Waals surface area contributed by atoms with Gasteiger partial charge in [-0.1, -0.05) is 17.4 Å². The van der Waals surface area contributed by atoms with Gasteiger partial charge in [0, 0.05) is 32.7 Å². The predicted octanol–water partition coefficient (Wildman–Crippen LogP) is 3.55. The van der Waals surface area contributed by atoms with Crippen LogP contribution in [0, 0.1) is 19.7 Å². The van der Waals surface area contributed by atoms with Crippen molar-refractivity contribution in [1.82, 2.24) is 14.2 Å². The summed E-state index contributed by atoms with van der Waals surface area (Å²) in [5, 5.41) is 0.956. The minimum atomic E-state index is -3.86. The lowest BCUT2D eigenvalue weighted by Gasteiger charge is -2.37. The number of benzene rings is 2. The van der Waals surface area contributed by atoms with Crippen LogP contribution in [0.15, 0.2) is 41.3 Å². The maximum absolute atomic E-state index is 13.3. The van der Waals surface area contributed by atoms with Gasteiger partial charge < -0.3 is 9.80 Å². The number of halogens is 1. The second kappa shape index (κ2) is 8.90. The first-order chi connectivity index (χ1) is 16.2. The molecule has 180 valence electrons. The van der Waals surface area contributed by atoms with Gasteiger partial charge in [0.25, 0.3) is 0 Å². The Kier molecular flexibility index (Phi) is 6.07. The van der Waals surface area contributed by atoms with Gasteiger partial charge in [-0.15, -0.1) is 0 Å². The van der Waals surface area contributed by atoms with Crippen molar-refractivity contribution in [1.29, 1.82) is 0 Å². The van der Waals surface area contributed by atoms with E-state index >= 15 is 0 Å². The van der Waals surface area contributed by atoms with Crippen LogP contribution in [-0.4, -0.2) is 67.3 Å². The summed E-state index contributed by atoms with van der Waals surface area (Å²) in [6.07, 6.45) is 1.12. The predicted molar refractivity (Wildman–Crippen MR) is 131 cm³/mol. The van der Waals surface area contributed by atoms with Crippen molar-refractivity contribution < 1.29 is 17.6 Å². The average Bonchev–Trinajstić information content (AvgIpc) is 3.47. The van der Waals surface area contributed by atoms with Crippen LogP contribution < -0.4 is 4.90 Å². The van der Waals surface area contributed by atoms with Gasteiger partial charge in [-0.25, -0.2) is 17.8 Å². The van der Waals surface area contributed by atoms with Crippen molar-refractivity contribution >= 4 is 42.6 Å². The number of fused-ring (bicyclic) bond motifs is 1. The number of amides is 1. The lowest BCUT2D eigenvalue weighted by atomic mass is 10.1. The van der Waals surface area contributed by atoms with Crippen LogP contribution in [-0.2, 0) is 14.8 Å². The average molecular weight is 503 g/mol. The number of hydrogen-bond acceptors (Lipinski definition) is 6. The van der Waals surface area contributed by atoms with Crippen LogP contribution in [0.1, 0.15) is 24.0 Å². The first-order valence-corrected chi connectivity index (χ1v) is 13.7. The third-order valence-electron chi connectivity index (χ3n) is 6.59. The standard InChI is InChI=1S/C24H27FN4O3S2/c1-16-14-17(2)22-21(15-16)33-24(26-22)28-12-10-27(11-13-28)23(30)20-4-3-9-29(20)34(31,32)19-7-5-18(25)6-8-19/h5-8,14-15,20H,3-4,9-13H2,1-2H3. The summed E-state index contributed by atoms with van der Waals surface area (Å²) in [5.74, 6) is -0.650. The fourth-order valence-corrected chi connectivity index (χ4v) is 7.68. The second-order valence-corrected chi connectivity index (χ2v) is 11.9. The van der Waals surface area contributed by atoms with E-state index in [1.165, 1.54) is 26.7 Å². The highest BCUT2D eigenvalue weighted by Crippen LogP contribution is 2.33. The molecule has 5 rings (SSSR count). The normalized spacial score (nSPS) is 19.8. The SMILES string of the molecule is Cc1cc(C)c2nc(N3CCN(C(=O)C4CCCN4S(=O)(=O)c4ccc(F)cc4)CC3)sc2c1. The van der Waals surface area contributed by atoms with Crippen LogP contribution in [0.2, 0.25) is 0 Å². The number of piperazine rings is 1. The number of sulfonamides is 1. The molecule has 3 aromatic rings. The van der Waals surface area contributed by atoms with Crippen LogP contribution >= 0.6 is 11.3 Å². The molecule has 0 N–H and O–H groups in total. The van der Waals surface area contributed by atoms with Gasteiger partial charge in [0.1, 0.15) is 11.9 Å². The molecule has 2 aliphatic heterocycles. The van der Waals surface area contributed by atoms with Gasteiger partial charge in [-0.05, 0) is 68.1 Å². The maximum atomic E-state index is 13.3. The fraction of sp³-hybridized carbons (Fsp3) is 0.417. The zero-order valence-electron chi connectivity index (χ0n) is 19.2. The van der Waals surface area contributed by atoms with Gasteiger partial charge in [0.2, 0.25) is 15.9 Å². The molecule has 7 nitrogen and oxygen atoms in total. The fourth-order valence-electron chi connectivity index (χ4n) is 4.84. The molecule has 3 heterocycles. The Labute approximate surface area is 202 Å². The number of aromatic nitrogens is 1. The molecule has 0 aliphatic carbocycles. The Hall–Kier alpha value is -2.56. The summed E-state index contributed by atoms with van der Waals surface area (Å²) in [7, 11) is -3.86. The molecule has 1 amide bonds. The van der Waals surface area contributed by atoms with Gasteiger partial charge in [0.15, 0.2) is 5.13 Å². The molecule has 2 saturated heterocycles. The molecule has 10 heteroatoms. The molecule has 1 atom stereocenters. The van der Waals surface area contributed by atoms with Crippen molar-refractivity contribution in [2.75, 3.05) is 37.6 Å². The Morgan fingerprint density at radius 2 is 1.76 bits per heavy atom. The number of carbonyl (C=O) groups is 1. The highest BCUT2D eigenvalue weighted by atomic mass is 32.2. The van der Waals surface area contributed by atoms with Crippen LogP contribution in [0.4, 0.5) is 9.52 Å². The van der Waals surface area contributed by atoms with Crippen molar-refractivity contribution in [3.8, 4) is 0 Å². The Bertz CT molecular complexity index is 1330. The molecule has 1 aromatic heterocycles. The zero-order chi connectivity index (χ0) is 24.0. The molecule has 0 radical (unpaired) electrons. The Balaban J connectivity index is 1.28. The van der Waals surface area contributed by atoms with E-state index in [-0.39, 0.29) is 10.8 Å². The highest BCUT2D eigenvalue weighted by Gasteiger charge is 2.41. The second-order valence-electron chi connectivity index (χ2n) is 8.97. The first kappa shape index (κ1) is 23.2. The Morgan fingerprint density at radius 1 is 1.06 bits per heavy atom. The monoisotopic (exact) mass is 502 g/mol. The van der Waals surface area contributed by atoms with E-state index in [1.807, 2.05) is 0 Å². The molecule has 0 spiro atoms. The van der Waals surface area contributed by atoms with E-state index < -0.39 is 21.9 Å². The summed E-state index contributed by atoms with van der Waals surface area (Å²) in [6, 6.07) is 8.34. The Morgan fingerprint density at radius 3 is 2.47 bits per heavy atom. The molecular formula is C24H27FN4O3S2. The number of hydrogen-bond donors (Lipinski definition) is 0. The number of rotatable bonds is 4. The minimum absolute atomic E-state index is 0.0137. The van der Waals surface area contributed by atoms with E-state index in [0.717, 1.165) is 28.3 Å². The summed E-state index contributed by atoms with van der Waals surface area (Å²) < 4.78 is 42.0. The van der Waals surface area contributed by atoms with E-state index in [4.69, 9.17) is 4.98 Å². The number of carbonyl (C=O) groups excluding carboxylic acids is 1. The summed E-state index contributed by atoms with van der Waals surface area (Å²) in [4.78, 5) is 22.2. The maximum Gasteiger partial charge on any atom is 0.243 e. The lowest BCUT2D eigenvalue weighted by Crippen LogP contribution is -2.54. The molecular weight excluding hydrogens is 475 g/mol. The number of thiazole rings is 1. The molecule has 0 saturated carbocycles. The summed E-state index contributed by atoms with van der Waals surface area (Å²) in [5.41, 5.74) is 3.40. The van der Waals surface area contributed by atoms with Gasteiger partial charge in [0.05, 0.1) is 15.1 Å². The number of aryl methyl sites for hydroxylation is 2. The zero-order valence-corrected chi connectivity index (χ0v) is 20.8. The lowest BCUT2D eigenvalue weighted by molar-refractivity contribution is -0.134. The van der Waals surface area contributed by atoms with Gasteiger partial charge in [-0.3, -0.25) is 4.79 Å². The molecule has 1 unspecified atom stereocenters. The smallest absolute Gasteiger partial charge is 0.243 e. The molecule has 34 heavy (non-hydrogen) atoms. The topological polar surface area (TPSA) is 73.8 Å². The van der Waals surface area contributed by atoms with Crippen LogP contribution in [0.3, 0.4) is 0 Å². The van der Waals surface area contributed by atoms with E-state index in [2.05, 4.69) is 30.9 Å². The van der Waals surface area contributed by atoms with Crippen molar-refractivity contribution in [2.24, 2.45) is 0 Å². The number of anilines is 1. The number of nitrogens with zero attached hydrogens (tertiary/aromatic N) is 4. The molecule has 2 fully saturated rings. The van der Waals surface area contributed by atoms with Crippen molar-refractivity contribution in [3.63, 3.8) is 0 Å². The molecule has 0 bridgehead atoms. The summed E-state index contributed by atoms with van der Waals surface area (Å²) >= 11 is 1.67. The van der Waals surface area contributed by atoms with Gasteiger partial charge >= 0.3 is 0 Å². The minimum Gasteiger partial charge on any atom is -0.345 e. The first-order valence-electron chi connectivity index (χ1n) is 11.4. The highest BCUT2D eigenvalue weighted by molar-refractivity contribution is 7.89. The van der Waals surface area contributed by atoms with E-state index in [1.54, 1.807) is 16.2 Å². The van der Waals surface area contributed by atoms with Crippen LogP contribution in [0.5, 0.6) is 0 Å². The largest absolute Gasteiger partial charge is 0.345 e. The van der Waals surface area contributed by atoms with Gasteiger partial charge in [-0.2, -0.15) is 4.31 Å². The molecule has 2 aliphatic rings. The third-order valence-corrected chi connectivity index (χ3v) is 9.57.